The third-order valence-electron chi connectivity index (χ3n) is 2.05. The predicted octanol–water partition coefficient (Wildman–Crippen LogP) is 0.360. The number of benzene rings is 1. The normalized spacial score (nSPS) is 19.1. The van der Waals surface area contributed by atoms with Crippen molar-refractivity contribution in [3.63, 3.8) is 0 Å². The van der Waals surface area contributed by atoms with E-state index in [0.29, 0.717) is 22.6 Å². The minimum atomic E-state index is -2.33. The predicted molar refractivity (Wildman–Crippen MR) is 50.4 cm³/mol. The molecule has 1 aromatic carbocycles. The van der Waals surface area contributed by atoms with Crippen LogP contribution in [0.2, 0.25) is 0 Å². The third kappa shape index (κ3) is 1.43. The van der Waals surface area contributed by atoms with Crippen molar-refractivity contribution in [2.75, 3.05) is 14.2 Å². The van der Waals surface area contributed by atoms with Crippen LogP contribution in [-0.2, 0) is 14.3 Å². The van der Waals surface area contributed by atoms with Crippen LogP contribution in [0.25, 0.3) is 0 Å². The van der Waals surface area contributed by atoms with Crippen LogP contribution in [0.15, 0.2) is 12.1 Å². The van der Waals surface area contributed by atoms with Crippen LogP contribution < -0.4 is 13.9 Å². The fourth-order valence-corrected chi connectivity index (χ4v) is 3.45. The van der Waals surface area contributed by atoms with Crippen molar-refractivity contribution in [3.8, 4) is 11.5 Å². The monoisotopic (exact) mass is 262 g/mol. The molecule has 1 atom stereocenters. The standard InChI is InChI=1S/C9H10O4Se/c1-11-7-3-6-5-13-14(10)9(6)8(4-7)12-2/h3-4H,5H2,1-2H3. The van der Waals surface area contributed by atoms with Gasteiger partial charge in [-0.2, -0.15) is 0 Å². The minimum absolute atomic E-state index is 0.386. The Bertz CT molecular complexity index is 389. The molecule has 2 rings (SSSR count). The summed E-state index contributed by atoms with van der Waals surface area (Å²) in [4.78, 5) is 0. The average molecular weight is 261 g/mol. The van der Waals surface area contributed by atoms with E-state index in [0.717, 1.165) is 5.56 Å². The van der Waals surface area contributed by atoms with E-state index in [2.05, 4.69) is 0 Å². The van der Waals surface area contributed by atoms with E-state index in [1.807, 2.05) is 6.07 Å². The third-order valence-corrected chi connectivity index (χ3v) is 4.42. The molecular formula is C9H10O4Se. The van der Waals surface area contributed by atoms with Gasteiger partial charge in [0.25, 0.3) is 0 Å². The number of methoxy groups -OCH3 is 2. The summed E-state index contributed by atoms with van der Waals surface area (Å²) in [7, 11) is 3.13. The maximum atomic E-state index is 11.5. The molecule has 1 heterocycles. The van der Waals surface area contributed by atoms with Gasteiger partial charge in [0.05, 0.1) is 0 Å². The first-order valence-electron chi connectivity index (χ1n) is 4.06. The van der Waals surface area contributed by atoms with Crippen LogP contribution in [0.3, 0.4) is 0 Å². The molecule has 0 saturated heterocycles. The zero-order chi connectivity index (χ0) is 10.1. The Morgan fingerprint density at radius 2 is 2.14 bits per heavy atom. The van der Waals surface area contributed by atoms with Gasteiger partial charge in [-0.05, 0) is 0 Å². The molecule has 76 valence electrons. The van der Waals surface area contributed by atoms with E-state index in [-0.39, 0.29) is 0 Å². The van der Waals surface area contributed by atoms with Gasteiger partial charge in [-0.3, -0.25) is 0 Å². The van der Waals surface area contributed by atoms with Crippen molar-refractivity contribution < 1.29 is 17.1 Å². The first-order chi connectivity index (χ1) is 6.76. The Kier molecular flexibility index (Phi) is 2.54. The van der Waals surface area contributed by atoms with E-state index in [1.54, 1.807) is 20.3 Å². The van der Waals surface area contributed by atoms with E-state index >= 15 is 0 Å². The Morgan fingerprint density at radius 3 is 2.79 bits per heavy atom. The van der Waals surface area contributed by atoms with Crippen LogP contribution in [-0.4, -0.2) is 28.4 Å². The summed E-state index contributed by atoms with van der Waals surface area (Å²) < 4.78 is 27.6. The van der Waals surface area contributed by atoms with Gasteiger partial charge in [0.15, 0.2) is 0 Å². The van der Waals surface area contributed by atoms with E-state index in [4.69, 9.17) is 13.3 Å². The van der Waals surface area contributed by atoms with E-state index in [9.17, 15) is 3.83 Å². The van der Waals surface area contributed by atoms with Crippen molar-refractivity contribution in [3.05, 3.63) is 17.7 Å². The quantitative estimate of drug-likeness (QED) is 0.721. The molecule has 1 aromatic rings. The summed E-state index contributed by atoms with van der Waals surface area (Å²) in [5.74, 6) is 1.29. The van der Waals surface area contributed by atoms with E-state index < -0.39 is 14.2 Å². The van der Waals surface area contributed by atoms with Gasteiger partial charge < -0.3 is 0 Å². The Hall–Kier alpha value is -0.901. The second-order valence-corrected chi connectivity index (χ2v) is 5.15. The first kappa shape index (κ1) is 9.65. The summed E-state index contributed by atoms with van der Waals surface area (Å²) in [5, 5.41) is 0. The number of hydrogen-bond donors (Lipinski definition) is 0. The van der Waals surface area contributed by atoms with Crippen LogP contribution in [0, 0.1) is 0 Å². The van der Waals surface area contributed by atoms with Crippen LogP contribution in [0.5, 0.6) is 11.5 Å². The zero-order valence-corrected chi connectivity index (χ0v) is 9.62. The van der Waals surface area contributed by atoms with Crippen molar-refractivity contribution >= 4 is 18.6 Å². The molecule has 0 aliphatic carbocycles. The van der Waals surface area contributed by atoms with Gasteiger partial charge in [-0.25, -0.2) is 0 Å². The molecule has 1 aliphatic rings. The fraction of sp³-hybridized carbons (Fsp3) is 0.333. The SMILES string of the molecule is COc1cc2c(c(OC)c1)[Se](=O)OC2. The number of fused-ring (bicyclic) bond motifs is 1. The Balaban J connectivity index is 2.58. The van der Waals surface area contributed by atoms with Gasteiger partial charge >= 0.3 is 85.8 Å². The van der Waals surface area contributed by atoms with Gasteiger partial charge in [0.2, 0.25) is 0 Å². The van der Waals surface area contributed by atoms with Crippen molar-refractivity contribution in [2.45, 2.75) is 6.61 Å². The van der Waals surface area contributed by atoms with Crippen molar-refractivity contribution in [1.29, 1.82) is 0 Å². The molecule has 0 aromatic heterocycles. The number of rotatable bonds is 2. The summed E-state index contributed by atoms with van der Waals surface area (Å²) in [6, 6.07) is 3.56. The molecule has 0 N–H and O–H groups in total. The molecule has 0 amide bonds. The Morgan fingerprint density at radius 1 is 1.36 bits per heavy atom. The topological polar surface area (TPSA) is 44.8 Å². The number of ether oxygens (including phenoxy) is 2. The summed E-state index contributed by atoms with van der Waals surface area (Å²) in [6.45, 7) is 0.386. The summed E-state index contributed by atoms with van der Waals surface area (Å²) in [6.07, 6.45) is 0. The van der Waals surface area contributed by atoms with Gasteiger partial charge in [-0.15, -0.1) is 0 Å². The van der Waals surface area contributed by atoms with Gasteiger partial charge in [0, 0.05) is 0 Å². The molecule has 5 heteroatoms. The summed E-state index contributed by atoms with van der Waals surface area (Å²) in [5.41, 5.74) is 0.904. The molecule has 0 spiro atoms. The molecule has 0 saturated carbocycles. The molecule has 14 heavy (non-hydrogen) atoms. The average Bonchev–Trinajstić information content (AvgIpc) is 2.59. The van der Waals surface area contributed by atoms with Gasteiger partial charge in [-0.1, -0.05) is 0 Å². The molecular weight excluding hydrogens is 251 g/mol. The van der Waals surface area contributed by atoms with Crippen molar-refractivity contribution in [1.82, 2.24) is 0 Å². The molecule has 1 unspecified atom stereocenters. The first-order valence-corrected chi connectivity index (χ1v) is 6.31. The second-order valence-electron chi connectivity index (χ2n) is 2.81. The fourth-order valence-electron chi connectivity index (χ4n) is 1.37. The summed E-state index contributed by atoms with van der Waals surface area (Å²) >= 11 is -2.33. The van der Waals surface area contributed by atoms with Crippen LogP contribution in [0.4, 0.5) is 0 Å². The molecule has 0 radical (unpaired) electrons. The van der Waals surface area contributed by atoms with Crippen LogP contribution >= 0.6 is 0 Å². The molecule has 0 fully saturated rings. The molecule has 4 nitrogen and oxygen atoms in total. The Labute approximate surface area is 86.2 Å². The molecule has 1 aliphatic heterocycles. The second kappa shape index (κ2) is 3.69. The zero-order valence-electron chi connectivity index (χ0n) is 7.90. The maximum absolute atomic E-state index is 11.5. The number of hydrogen-bond acceptors (Lipinski definition) is 4. The van der Waals surface area contributed by atoms with Crippen molar-refractivity contribution in [2.24, 2.45) is 0 Å². The van der Waals surface area contributed by atoms with Crippen LogP contribution in [0.1, 0.15) is 5.56 Å². The van der Waals surface area contributed by atoms with Gasteiger partial charge in [0.1, 0.15) is 0 Å². The molecule has 0 bridgehead atoms. The van der Waals surface area contributed by atoms with E-state index in [1.165, 1.54) is 0 Å².